The molecule has 0 radical (unpaired) electrons. The Hall–Kier alpha value is -2.58. The summed E-state index contributed by atoms with van der Waals surface area (Å²) < 4.78 is 40.5. The lowest BCUT2D eigenvalue weighted by atomic mass is 9.96. The molecular formula is C15H14F3N3O3. The highest BCUT2D eigenvalue weighted by Gasteiger charge is 2.53. The predicted molar refractivity (Wildman–Crippen MR) is 77.0 cm³/mol. The van der Waals surface area contributed by atoms with Gasteiger partial charge in [-0.1, -0.05) is 12.1 Å². The van der Waals surface area contributed by atoms with E-state index >= 15 is 0 Å². The number of carboxylic acids is 1. The maximum atomic E-state index is 13.0. The first-order chi connectivity index (χ1) is 11.3. The molecule has 1 fully saturated rings. The first-order valence-electron chi connectivity index (χ1n) is 7.24. The Morgan fingerprint density at radius 2 is 1.96 bits per heavy atom. The van der Waals surface area contributed by atoms with Crippen LogP contribution in [0.5, 0.6) is 0 Å². The van der Waals surface area contributed by atoms with Crippen molar-refractivity contribution in [2.45, 2.75) is 12.7 Å². The zero-order valence-electron chi connectivity index (χ0n) is 12.4. The van der Waals surface area contributed by atoms with Gasteiger partial charge in [-0.25, -0.2) is 4.98 Å². The summed E-state index contributed by atoms with van der Waals surface area (Å²) in [5, 5.41) is 8.99. The Labute approximate surface area is 134 Å². The van der Waals surface area contributed by atoms with Gasteiger partial charge in [0, 0.05) is 13.1 Å². The highest BCUT2D eigenvalue weighted by Crippen LogP contribution is 2.37. The number of halogens is 3. The summed E-state index contributed by atoms with van der Waals surface area (Å²) in [5.41, 5.74) is 1.36. The first kappa shape index (κ1) is 16.3. The topological polar surface area (TPSA) is 75.4 Å². The second kappa shape index (κ2) is 5.81. The van der Waals surface area contributed by atoms with Crippen molar-refractivity contribution in [2.75, 3.05) is 13.1 Å². The molecule has 3 rings (SSSR count). The van der Waals surface area contributed by atoms with Gasteiger partial charge in [-0.3, -0.25) is 9.59 Å². The van der Waals surface area contributed by atoms with Gasteiger partial charge >= 0.3 is 12.1 Å². The van der Waals surface area contributed by atoms with Crippen molar-refractivity contribution in [1.82, 2.24) is 14.5 Å². The Morgan fingerprint density at radius 1 is 1.25 bits per heavy atom. The zero-order valence-corrected chi connectivity index (χ0v) is 12.4. The van der Waals surface area contributed by atoms with E-state index in [0.717, 1.165) is 4.90 Å². The van der Waals surface area contributed by atoms with E-state index in [2.05, 4.69) is 4.98 Å². The van der Waals surface area contributed by atoms with Gasteiger partial charge in [0.25, 0.3) is 0 Å². The van der Waals surface area contributed by atoms with Gasteiger partial charge in [0.05, 0.1) is 29.2 Å². The number of carbonyl (C=O) groups is 2. The Kier molecular flexibility index (Phi) is 3.94. The number of nitrogens with zero attached hydrogens (tertiary/aromatic N) is 3. The third kappa shape index (κ3) is 2.93. The van der Waals surface area contributed by atoms with Crippen molar-refractivity contribution in [2.24, 2.45) is 11.8 Å². The Bertz CT molecular complexity index is 787. The second-order valence-corrected chi connectivity index (χ2v) is 5.75. The molecule has 1 aromatic carbocycles. The van der Waals surface area contributed by atoms with E-state index in [1.807, 2.05) is 0 Å². The van der Waals surface area contributed by atoms with Gasteiger partial charge in [-0.05, 0) is 12.1 Å². The minimum atomic E-state index is -4.65. The minimum Gasteiger partial charge on any atom is -0.481 e. The fraction of sp³-hybridized carbons (Fsp3) is 0.400. The van der Waals surface area contributed by atoms with Crippen LogP contribution in [-0.4, -0.2) is 50.7 Å². The van der Waals surface area contributed by atoms with E-state index in [-0.39, 0.29) is 6.54 Å². The number of aliphatic carboxylic acids is 1. The SMILES string of the molecule is O=C(O)[C@@H]1CN(C(=O)Cn2cnc3ccccc32)C[C@H]1C(F)(F)F. The molecule has 0 unspecified atom stereocenters. The van der Waals surface area contributed by atoms with Crippen molar-refractivity contribution in [3.63, 3.8) is 0 Å². The molecule has 6 nitrogen and oxygen atoms in total. The third-order valence-electron chi connectivity index (χ3n) is 4.24. The van der Waals surface area contributed by atoms with Crippen LogP contribution in [0.2, 0.25) is 0 Å². The van der Waals surface area contributed by atoms with E-state index in [1.54, 1.807) is 24.3 Å². The molecule has 24 heavy (non-hydrogen) atoms. The molecule has 0 aliphatic carbocycles. The lowest BCUT2D eigenvalue weighted by Crippen LogP contribution is -2.34. The van der Waals surface area contributed by atoms with E-state index in [0.29, 0.717) is 11.0 Å². The number of alkyl halides is 3. The predicted octanol–water partition coefficient (Wildman–Crippen LogP) is 1.76. The lowest BCUT2D eigenvalue weighted by Gasteiger charge is -2.18. The van der Waals surface area contributed by atoms with Crippen molar-refractivity contribution < 1.29 is 27.9 Å². The molecule has 9 heteroatoms. The van der Waals surface area contributed by atoms with Crippen LogP contribution in [0, 0.1) is 11.8 Å². The average Bonchev–Trinajstić information content (AvgIpc) is 3.11. The average molecular weight is 341 g/mol. The largest absolute Gasteiger partial charge is 0.481 e. The molecule has 2 heterocycles. The normalized spacial score (nSPS) is 21.4. The number of benzene rings is 1. The number of likely N-dealkylation sites (tertiary alicyclic amines) is 1. The van der Waals surface area contributed by atoms with E-state index in [9.17, 15) is 22.8 Å². The highest BCUT2D eigenvalue weighted by molar-refractivity contribution is 5.82. The maximum Gasteiger partial charge on any atom is 0.394 e. The molecule has 128 valence electrons. The summed E-state index contributed by atoms with van der Waals surface area (Å²) in [4.78, 5) is 28.5. The number of fused-ring (bicyclic) bond motifs is 1. The van der Waals surface area contributed by atoms with Gasteiger partial charge in [-0.2, -0.15) is 13.2 Å². The number of hydrogen-bond acceptors (Lipinski definition) is 3. The smallest absolute Gasteiger partial charge is 0.394 e. The monoisotopic (exact) mass is 341 g/mol. The lowest BCUT2D eigenvalue weighted by molar-refractivity contribution is -0.188. The summed E-state index contributed by atoms with van der Waals surface area (Å²) in [6, 6.07) is 7.05. The number of carbonyl (C=O) groups excluding carboxylic acids is 1. The summed E-state index contributed by atoms with van der Waals surface area (Å²) in [6.45, 7) is -1.26. The third-order valence-corrected chi connectivity index (χ3v) is 4.24. The molecule has 1 aliphatic rings. The van der Waals surface area contributed by atoms with Crippen molar-refractivity contribution in [1.29, 1.82) is 0 Å². The van der Waals surface area contributed by atoms with Crippen LogP contribution in [-0.2, 0) is 16.1 Å². The zero-order chi connectivity index (χ0) is 17.5. The number of amides is 1. The molecule has 1 aliphatic heterocycles. The van der Waals surface area contributed by atoms with Crippen molar-refractivity contribution >= 4 is 22.9 Å². The maximum absolute atomic E-state index is 13.0. The highest BCUT2D eigenvalue weighted by atomic mass is 19.4. The number of para-hydroxylation sites is 2. The van der Waals surface area contributed by atoms with Crippen LogP contribution in [0.1, 0.15) is 0 Å². The number of hydrogen-bond donors (Lipinski definition) is 1. The molecule has 1 amide bonds. The van der Waals surface area contributed by atoms with Gasteiger partial charge in [0.2, 0.25) is 5.91 Å². The molecule has 1 aromatic heterocycles. The number of imidazole rings is 1. The standard InChI is InChI=1S/C15H14F3N3O3/c16-15(17,18)10-6-20(5-9(10)14(23)24)13(22)7-21-8-19-11-3-1-2-4-12(11)21/h1-4,8-10H,5-7H2,(H,23,24)/t9-,10-/m1/s1. The Balaban J connectivity index is 1.77. The second-order valence-electron chi connectivity index (χ2n) is 5.75. The molecule has 1 N–H and O–H groups in total. The molecule has 0 spiro atoms. The van der Waals surface area contributed by atoms with Crippen LogP contribution in [0.4, 0.5) is 13.2 Å². The summed E-state index contributed by atoms with van der Waals surface area (Å²) >= 11 is 0. The Morgan fingerprint density at radius 3 is 2.58 bits per heavy atom. The van der Waals surface area contributed by atoms with Gasteiger partial charge in [0.1, 0.15) is 6.54 Å². The van der Waals surface area contributed by atoms with Gasteiger partial charge in [0.15, 0.2) is 0 Å². The van der Waals surface area contributed by atoms with E-state index < -0.39 is 43.0 Å². The van der Waals surface area contributed by atoms with Crippen LogP contribution in [0.15, 0.2) is 30.6 Å². The summed E-state index contributed by atoms with van der Waals surface area (Å²) in [7, 11) is 0. The quantitative estimate of drug-likeness (QED) is 0.923. The molecule has 0 saturated carbocycles. The van der Waals surface area contributed by atoms with Gasteiger partial charge < -0.3 is 14.6 Å². The summed E-state index contributed by atoms with van der Waals surface area (Å²) in [5.74, 6) is -5.77. The fourth-order valence-electron chi connectivity index (χ4n) is 2.97. The molecule has 0 bridgehead atoms. The first-order valence-corrected chi connectivity index (χ1v) is 7.24. The van der Waals surface area contributed by atoms with Crippen molar-refractivity contribution in [3.8, 4) is 0 Å². The molecule has 1 saturated heterocycles. The van der Waals surface area contributed by atoms with Crippen LogP contribution >= 0.6 is 0 Å². The number of carboxylic acid groups (broad SMARTS) is 1. The molecular weight excluding hydrogens is 327 g/mol. The van der Waals surface area contributed by atoms with E-state index in [1.165, 1.54) is 10.9 Å². The summed E-state index contributed by atoms with van der Waals surface area (Å²) in [6.07, 6.45) is -3.21. The van der Waals surface area contributed by atoms with Crippen LogP contribution in [0.25, 0.3) is 11.0 Å². The number of aromatic nitrogens is 2. The van der Waals surface area contributed by atoms with E-state index in [4.69, 9.17) is 5.11 Å². The fourth-order valence-corrected chi connectivity index (χ4v) is 2.97. The van der Waals surface area contributed by atoms with Gasteiger partial charge in [-0.15, -0.1) is 0 Å². The van der Waals surface area contributed by atoms with Crippen LogP contribution < -0.4 is 0 Å². The minimum absolute atomic E-state index is 0.183. The molecule has 2 atom stereocenters. The van der Waals surface area contributed by atoms with Crippen molar-refractivity contribution in [3.05, 3.63) is 30.6 Å². The molecule has 2 aromatic rings. The number of rotatable bonds is 3. The van der Waals surface area contributed by atoms with Crippen LogP contribution in [0.3, 0.4) is 0 Å².